The molecular weight excluding hydrogens is 284 g/mol. The summed E-state index contributed by atoms with van der Waals surface area (Å²) >= 11 is 0. The van der Waals surface area contributed by atoms with Crippen LogP contribution in [0.2, 0.25) is 0 Å². The van der Waals surface area contributed by atoms with E-state index in [-0.39, 0.29) is 18.1 Å². The smallest absolute Gasteiger partial charge is 0.409 e. The summed E-state index contributed by atoms with van der Waals surface area (Å²) in [5, 5.41) is 9.49. The van der Waals surface area contributed by atoms with E-state index in [1.54, 1.807) is 4.90 Å². The van der Waals surface area contributed by atoms with Gasteiger partial charge in [0.25, 0.3) is 0 Å². The monoisotopic (exact) mass is 312 g/mol. The second-order valence-corrected chi connectivity index (χ2v) is 6.36. The molecule has 0 atom stereocenters. The minimum absolute atomic E-state index is 0.193. The fourth-order valence-corrected chi connectivity index (χ4v) is 3.09. The van der Waals surface area contributed by atoms with Crippen molar-refractivity contribution in [3.63, 3.8) is 0 Å². The van der Waals surface area contributed by atoms with Gasteiger partial charge in [0.1, 0.15) is 0 Å². The van der Waals surface area contributed by atoms with E-state index in [2.05, 4.69) is 0 Å². The van der Waals surface area contributed by atoms with Gasteiger partial charge in [0.2, 0.25) is 5.91 Å². The number of aliphatic hydroxyl groups is 1. The zero-order chi connectivity index (χ0) is 15.9. The van der Waals surface area contributed by atoms with Crippen LogP contribution in [0.25, 0.3) is 0 Å². The van der Waals surface area contributed by atoms with Crippen molar-refractivity contribution in [1.29, 1.82) is 0 Å². The van der Waals surface area contributed by atoms with Crippen LogP contribution in [0, 0.1) is 5.92 Å². The molecule has 2 heterocycles. The van der Waals surface area contributed by atoms with Crippen molar-refractivity contribution in [2.75, 3.05) is 32.8 Å². The van der Waals surface area contributed by atoms with Crippen LogP contribution in [0.5, 0.6) is 0 Å². The first kappa shape index (κ1) is 17.1. The standard InChI is InChI=1S/C16H28N2O4/c1-2-11-22-16(21)18-7-3-13(4-8-18)12-15(20)17-9-5-14(19)6-10-17/h13-14,19H,2-12H2,1H3. The van der Waals surface area contributed by atoms with E-state index in [0.29, 0.717) is 58.0 Å². The number of rotatable bonds is 4. The van der Waals surface area contributed by atoms with E-state index in [4.69, 9.17) is 4.74 Å². The van der Waals surface area contributed by atoms with Crippen LogP contribution in [0.15, 0.2) is 0 Å². The van der Waals surface area contributed by atoms with Crippen LogP contribution >= 0.6 is 0 Å². The number of piperidine rings is 2. The molecule has 6 heteroatoms. The van der Waals surface area contributed by atoms with Crippen LogP contribution in [-0.4, -0.2) is 65.8 Å². The predicted octanol–water partition coefficient (Wildman–Crippen LogP) is 1.62. The van der Waals surface area contributed by atoms with Crippen molar-refractivity contribution in [2.45, 2.75) is 51.6 Å². The van der Waals surface area contributed by atoms with Crippen LogP contribution in [0.1, 0.15) is 45.4 Å². The van der Waals surface area contributed by atoms with Crippen LogP contribution < -0.4 is 0 Å². The third kappa shape index (κ3) is 4.87. The molecular formula is C16H28N2O4. The van der Waals surface area contributed by atoms with Gasteiger partial charge in [-0.25, -0.2) is 4.79 Å². The number of ether oxygens (including phenoxy) is 1. The molecule has 0 spiro atoms. The summed E-state index contributed by atoms with van der Waals surface area (Å²) in [5.74, 6) is 0.550. The van der Waals surface area contributed by atoms with Crippen molar-refractivity contribution in [3.8, 4) is 0 Å². The summed E-state index contributed by atoms with van der Waals surface area (Å²) in [4.78, 5) is 27.7. The van der Waals surface area contributed by atoms with E-state index in [1.807, 2.05) is 11.8 Å². The van der Waals surface area contributed by atoms with Gasteiger partial charge in [-0.15, -0.1) is 0 Å². The zero-order valence-corrected chi connectivity index (χ0v) is 13.5. The third-order valence-corrected chi connectivity index (χ3v) is 4.58. The number of hydrogen-bond donors (Lipinski definition) is 1. The van der Waals surface area contributed by atoms with Gasteiger partial charge in [0.05, 0.1) is 12.7 Å². The molecule has 0 bridgehead atoms. The van der Waals surface area contributed by atoms with Crippen LogP contribution in [0.3, 0.4) is 0 Å². The van der Waals surface area contributed by atoms with E-state index in [9.17, 15) is 14.7 Å². The van der Waals surface area contributed by atoms with Gasteiger partial charge in [0.15, 0.2) is 0 Å². The highest BCUT2D eigenvalue weighted by Crippen LogP contribution is 2.23. The van der Waals surface area contributed by atoms with Crippen molar-refractivity contribution in [1.82, 2.24) is 9.80 Å². The summed E-state index contributed by atoms with van der Waals surface area (Å²) < 4.78 is 5.14. The first-order chi connectivity index (χ1) is 10.6. The third-order valence-electron chi connectivity index (χ3n) is 4.58. The highest BCUT2D eigenvalue weighted by molar-refractivity contribution is 5.76. The molecule has 0 saturated carbocycles. The molecule has 1 N–H and O–H groups in total. The molecule has 2 fully saturated rings. The Hall–Kier alpha value is -1.30. The molecule has 2 aliphatic heterocycles. The topological polar surface area (TPSA) is 70.1 Å². The van der Waals surface area contributed by atoms with Gasteiger partial charge in [-0.3, -0.25) is 4.79 Å². The average molecular weight is 312 g/mol. The lowest BCUT2D eigenvalue weighted by Gasteiger charge is -2.34. The van der Waals surface area contributed by atoms with Crippen molar-refractivity contribution >= 4 is 12.0 Å². The summed E-state index contributed by atoms with van der Waals surface area (Å²) in [6, 6.07) is 0. The van der Waals surface area contributed by atoms with Crippen molar-refractivity contribution in [2.24, 2.45) is 5.92 Å². The van der Waals surface area contributed by atoms with Gasteiger partial charge in [-0.05, 0) is 38.0 Å². The normalized spacial score (nSPS) is 21.0. The SMILES string of the molecule is CCCOC(=O)N1CCC(CC(=O)N2CCC(O)CC2)CC1. The molecule has 0 radical (unpaired) electrons. The lowest BCUT2D eigenvalue weighted by Crippen LogP contribution is -2.43. The second-order valence-electron chi connectivity index (χ2n) is 6.36. The summed E-state index contributed by atoms with van der Waals surface area (Å²) in [6.45, 7) is 5.14. The number of carbonyl (C=O) groups excluding carboxylic acids is 2. The van der Waals surface area contributed by atoms with E-state index in [1.165, 1.54) is 0 Å². The molecule has 0 aliphatic carbocycles. The maximum absolute atomic E-state index is 12.3. The van der Waals surface area contributed by atoms with Gasteiger partial charge >= 0.3 is 6.09 Å². The molecule has 2 rings (SSSR count). The van der Waals surface area contributed by atoms with Gasteiger partial charge in [-0.2, -0.15) is 0 Å². The van der Waals surface area contributed by atoms with E-state index in [0.717, 1.165) is 19.3 Å². The highest BCUT2D eigenvalue weighted by Gasteiger charge is 2.28. The van der Waals surface area contributed by atoms with Gasteiger partial charge in [0, 0.05) is 32.6 Å². The first-order valence-corrected chi connectivity index (χ1v) is 8.47. The minimum atomic E-state index is -0.249. The Balaban J connectivity index is 1.68. The maximum Gasteiger partial charge on any atom is 0.409 e. The summed E-state index contributed by atoms with van der Waals surface area (Å²) in [6.07, 6.45) is 4.03. The largest absolute Gasteiger partial charge is 0.449 e. The molecule has 6 nitrogen and oxygen atoms in total. The minimum Gasteiger partial charge on any atom is -0.449 e. The van der Waals surface area contributed by atoms with Crippen LogP contribution in [-0.2, 0) is 9.53 Å². The van der Waals surface area contributed by atoms with Crippen molar-refractivity contribution < 1.29 is 19.4 Å². The Morgan fingerprint density at radius 3 is 2.23 bits per heavy atom. The molecule has 0 aromatic carbocycles. The molecule has 2 aliphatic rings. The Bertz CT molecular complexity index is 372. The fourth-order valence-electron chi connectivity index (χ4n) is 3.09. The molecule has 0 unspecified atom stereocenters. The quantitative estimate of drug-likeness (QED) is 0.856. The summed E-state index contributed by atoms with van der Waals surface area (Å²) in [5.41, 5.74) is 0. The molecule has 22 heavy (non-hydrogen) atoms. The van der Waals surface area contributed by atoms with Gasteiger partial charge in [-0.1, -0.05) is 6.92 Å². The number of carbonyl (C=O) groups is 2. The Kier molecular flexibility index (Phi) is 6.49. The molecule has 0 aromatic heterocycles. The Labute approximate surface area is 132 Å². The average Bonchev–Trinajstić information content (AvgIpc) is 2.54. The predicted molar refractivity (Wildman–Crippen MR) is 82.4 cm³/mol. The fraction of sp³-hybridized carbons (Fsp3) is 0.875. The lowest BCUT2D eigenvalue weighted by atomic mass is 9.92. The number of amides is 2. The highest BCUT2D eigenvalue weighted by atomic mass is 16.6. The van der Waals surface area contributed by atoms with E-state index < -0.39 is 0 Å². The Morgan fingerprint density at radius 2 is 1.64 bits per heavy atom. The van der Waals surface area contributed by atoms with Crippen molar-refractivity contribution in [3.05, 3.63) is 0 Å². The molecule has 2 saturated heterocycles. The number of aliphatic hydroxyl groups excluding tert-OH is 1. The van der Waals surface area contributed by atoms with E-state index >= 15 is 0 Å². The zero-order valence-electron chi connectivity index (χ0n) is 13.5. The first-order valence-electron chi connectivity index (χ1n) is 8.47. The number of nitrogens with zero attached hydrogens (tertiary/aromatic N) is 2. The Morgan fingerprint density at radius 1 is 1.05 bits per heavy atom. The summed E-state index contributed by atoms with van der Waals surface area (Å²) in [7, 11) is 0. The second kappa shape index (κ2) is 8.36. The lowest BCUT2D eigenvalue weighted by molar-refractivity contribution is -0.134. The molecule has 0 aromatic rings. The van der Waals surface area contributed by atoms with Gasteiger partial charge < -0.3 is 19.6 Å². The molecule has 2 amide bonds. The van der Waals surface area contributed by atoms with Crippen LogP contribution in [0.4, 0.5) is 4.79 Å². The number of hydrogen-bond acceptors (Lipinski definition) is 4. The number of likely N-dealkylation sites (tertiary alicyclic amines) is 2. The maximum atomic E-state index is 12.3. The molecule has 126 valence electrons.